The third kappa shape index (κ3) is 27.5. The van der Waals surface area contributed by atoms with E-state index in [-0.39, 0.29) is 6.61 Å². The van der Waals surface area contributed by atoms with E-state index in [1.165, 1.54) is 83.5 Å². The minimum absolute atomic E-state index is 0.272. The van der Waals surface area contributed by atoms with Crippen molar-refractivity contribution in [3.63, 3.8) is 0 Å². The number of aliphatic hydroxyl groups excluding tert-OH is 2. The maximum absolute atomic E-state index is 9.84. The highest BCUT2D eigenvalue weighted by atomic mass is 16.5. The lowest BCUT2D eigenvalue weighted by Gasteiger charge is -2.12. The predicted molar refractivity (Wildman–Crippen MR) is 133 cm³/mol. The number of hydrogen-bond donors (Lipinski definition) is 2. The molecule has 0 spiro atoms. The highest BCUT2D eigenvalue weighted by Gasteiger charge is 2.04. The Morgan fingerprint density at radius 3 is 1.48 bits per heavy atom. The first-order valence-corrected chi connectivity index (χ1v) is 13.4. The maximum Gasteiger partial charge on any atom is 0.101 e. The summed E-state index contributed by atoms with van der Waals surface area (Å²) in [6, 6.07) is 0. The van der Waals surface area contributed by atoms with E-state index in [2.05, 4.69) is 19.1 Å². The van der Waals surface area contributed by atoms with Crippen molar-refractivity contribution in [3.05, 3.63) is 12.2 Å². The molecule has 0 saturated heterocycles. The van der Waals surface area contributed by atoms with Crippen molar-refractivity contribution >= 4 is 0 Å². The van der Waals surface area contributed by atoms with Crippen LogP contribution in [0.5, 0.6) is 0 Å². The number of allylic oxidation sites excluding steroid dienone is 2. The van der Waals surface area contributed by atoms with Crippen molar-refractivity contribution in [2.75, 3.05) is 33.0 Å². The van der Waals surface area contributed by atoms with E-state index in [1.807, 2.05) is 0 Å². The van der Waals surface area contributed by atoms with E-state index < -0.39 is 6.10 Å². The Morgan fingerprint density at radius 1 is 0.581 bits per heavy atom. The van der Waals surface area contributed by atoms with Gasteiger partial charge in [0, 0.05) is 19.8 Å². The summed E-state index contributed by atoms with van der Waals surface area (Å²) in [4.78, 5) is 0. The Hall–Kier alpha value is -0.420. The second-order valence-corrected chi connectivity index (χ2v) is 8.88. The van der Waals surface area contributed by atoms with Crippen molar-refractivity contribution in [1.82, 2.24) is 0 Å². The fourth-order valence-corrected chi connectivity index (χ4v) is 3.61. The van der Waals surface area contributed by atoms with Gasteiger partial charge >= 0.3 is 0 Å². The van der Waals surface area contributed by atoms with Crippen LogP contribution in [0.2, 0.25) is 0 Å². The summed E-state index contributed by atoms with van der Waals surface area (Å²) >= 11 is 0. The van der Waals surface area contributed by atoms with Crippen molar-refractivity contribution in [3.8, 4) is 0 Å². The highest BCUT2D eigenvalue weighted by Crippen LogP contribution is 2.10. The van der Waals surface area contributed by atoms with Gasteiger partial charge in [-0.2, -0.15) is 0 Å². The molecule has 0 aliphatic heterocycles. The summed E-state index contributed by atoms with van der Waals surface area (Å²) < 4.78 is 11.0. The van der Waals surface area contributed by atoms with Crippen molar-refractivity contribution in [2.24, 2.45) is 0 Å². The van der Waals surface area contributed by atoms with Crippen molar-refractivity contribution in [1.29, 1.82) is 0 Å². The molecule has 0 aromatic rings. The molecule has 0 bridgehead atoms. The van der Waals surface area contributed by atoms with Crippen LogP contribution in [0.3, 0.4) is 0 Å². The predicted octanol–water partition coefficient (Wildman–Crippen LogP) is 6.97. The van der Waals surface area contributed by atoms with E-state index in [1.54, 1.807) is 0 Å². The highest BCUT2D eigenvalue weighted by molar-refractivity contribution is 4.81. The molecule has 0 rings (SSSR count). The molecule has 4 nitrogen and oxygen atoms in total. The molecule has 0 aromatic heterocycles. The van der Waals surface area contributed by atoms with Crippen LogP contribution in [-0.2, 0) is 9.47 Å². The molecular weight excluding hydrogens is 388 g/mol. The van der Waals surface area contributed by atoms with E-state index in [0.717, 1.165) is 38.7 Å². The molecular formula is C27H54O4. The number of aliphatic hydroxyl groups is 2. The lowest BCUT2D eigenvalue weighted by Crippen LogP contribution is -2.22. The SMILES string of the molecule is CCCCCCCCC=CCCCCCCCCOCC(O)COCCCCCCO. The van der Waals surface area contributed by atoms with E-state index in [0.29, 0.717) is 19.8 Å². The second kappa shape index (κ2) is 27.6. The molecule has 2 N–H and O–H groups in total. The summed E-state index contributed by atoms with van der Waals surface area (Å²) in [5, 5.41) is 18.5. The molecule has 0 aliphatic carbocycles. The van der Waals surface area contributed by atoms with Gasteiger partial charge in [-0.1, -0.05) is 89.7 Å². The fraction of sp³-hybridized carbons (Fsp3) is 0.926. The topological polar surface area (TPSA) is 58.9 Å². The largest absolute Gasteiger partial charge is 0.396 e. The molecule has 31 heavy (non-hydrogen) atoms. The Labute approximate surface area is 193 Å². The van der Waals surface area contributed by atoms with Gasteiger partial charge in [0.1, 0.15) is 6.10 Å². The van der Waals surface area contributed by atoms with E-state index >= 15 is 0 Å². The van der Waals surface area contributed by atoms with Crippen LogP contribution in [0.25, 0.3) is 0 Å². The third-order valence-corrected chi connectivity index (χ3v) is 5.62. The summed E-state index contributed by atoms with van der Waals surface area (Å²) in [5.41, 5.74) is 0. The van der Waals surface area contributed by atoms with Crippen LogP contribution < -0.4 is 0 Å². The summed E-state index contributed by atoms with van der Waals surface area (Å²) in [6.45, 7) is 4.68. The fourth-order valence-electron chi connectivity index (χ4n) is 3.61. The van der Waals surface area contributed by atoms with Crippen molar-refractivity contribution < 1.29 is 19.7 Å². The van der Waals surface area contributed by atoms with Gasteiger partial charge in [-0.15, -0.1) is 0 Å². The molecule has 0 aliphatic rings. The zero-order chi connectivity index (χ0) is 22.7. The van der Waals surface area contributed by atoms with Gasteiger partial charge in [-0.25, -0.2) is 0 Å². The molecule has 0 aromatic carbocycles. The molecule has 1 unspecified atom stereocenters. The Balaban J connectivity index is 3.16. The summed E-state index contributed by atoms with van der Waals surface area (Å²) in [6.07, 6.45) is 26.6. The van der Waals surface area contributed by atoms with Crippen LogP contribution in [0.1, 0.15) is 122 Å². The first kappa shape index (κ1) is 30.6. The smallest absolute Gasteiger partial charge is 0.101 e. The minimum Gasteiger partial charge on any atom is -0.396 e. The monoisotopic (exact) mass is 442 g/mol. The molecule has 4 heteroatoms. The molecule has 0 amide bonds. The quantitative estimate of drug-likeness (QED) is 0.112. The molecule has 1 atom stereocenters. The maximum atomic E-state index is 9.84. The van der Waals surface area contributed by atoms with Gasteiger partial charge in [-0.05, 0) is 44.9 Å². The molecule has 0 heterocycles. The normalized spacial score (nSPS) is 12.7. The van der Waals surface area contributed by atoms with Gasteiger partial charge in [0.2, 0.25) is 0 Å². The number of hydrogen-bond acceptors (Lipinski definition) is 4. The lowest BCUT2D eigenvalue weighted by molar-refractivity contribution is -0.0201. The average molecular weight is 443 g/mol. The zero-order valence-electron chi connectivity index (χ0n) is 20.7. The van der Waals surface area contributed by atoms with Crippen LogP contribution in [-0.4, -0.2) is 49.4 Å². The minimum atomic E-state index is -0.522. The molecule has 186 valence electrons. The standard InChI is InChI=1S/C27H54O4/c1-2-3-4-5-6-7-8-9-10-11-12-13-14-15-17-20-23-30-25-27(29)26-31-24-21-18-16-19-22-28/h9-10,27-29H,2-8,11-26H2,1H3. The van der Waals surface area contributed by atoms with Crippen molar-refractivity contribution in [2.45, 2.75) is 129 Å². The van der Waals surface area contributed by atoms with Crippen LogP contribution in [0, 0.1) is 0 Å². The number of ether oxygens (including phenoxy) is 2. The Kier molecular flexibility index (Phi) is 27.2. The lowest BCUT2D eigenvalue weighted by atomic mass is 10.1. The van der Waals surface area contributed by atoms with Gasteiger partial charge in [-0.3, -0.25) is 0 Å². The van der Waals surface area contributed by atoms with Crippen LogP contribution in [0.4, 0.5) is 0 Å². The molecule has 0 radical (unpaired) electrons. The molecule has 0 fully saturated rings. The average Bonchev–Trinajstić information content (AvgIpc) is 2.77. The number of unbranched alkanes of at least 4 members (excludes halogenated alkanes) is 15. The van der Waals surface area contributed by atoms with Gasteiger partial charge in [0.05, 0.1) is 13.2 Å². The van der Waals surface area contributed by atoms with Crippen LogP contribution >= 0.6 is 0 Å². The first-order valence-electron chi connectivity index (χ1n) is 13.4. The van der Waals surface area contributed by atoms with Crippen LogP contribution in [0.15, 0.2) is 12.2 Å². The van der Waals surface area contributed by atoms with Gasteiger partial charge in [0.25, 0.3) is 0 Å². The molecule has 0 saturated carbocycles. The summed E-state index contributed by atoms with van der Waals surface area (Å²) in [7, 11) is 0. The van der Waals surface area contributed by atoms with Gasteiger partial charge in [0.15, 0.2) is 0 Å². The third-order valence-electron chi connectivity index (χ3n) is 5.62. The first-order chi connectivity index (χ1) is 15.3. The second-order valence-electron chi connectivity index (χ2n) is 8.88. The number of rotatable bonds is 26. The zero-order valence-corrected chi connectivity index (χ0v) is 20.7. The van der Waals surface area contributed by atoms with E-state index in [9.17, 15) is 5.11 Å². The van der Waals surface area contributed by atoms with Gasteiger partial charge < -0.3 is 19.7 Å². The summed E-state index contributed by atoms with van der Waals surface area (Å²) in [5.74, 6) is 0. The Bertz CT molecular complexity index is 346. The van der Waals surface area contributed by atoms with E-state index in [4.69, 9.17) is 14.6 Å². The Morgan fingerprint density at radius 2 is 1.00 bits per heavy atom.